The molecule has 0 radical (unpaired) electrons. The number of carbonyl (C=O) groups excluding carboxylic acids is 2. The lowest BCUT2D eigenvalue weighted by molar-refractivity contribution is -0.122. The van der Waals surface area contributed by atoms with Crippen molar-refractivity contribution >= 4 is 11.9 Å². The zero-order valence-corrected chi connectivity index (χ0v) is 11.3. The van der Waals surface area contributed by atoms with Crippen LogP contribution in [-0.2, 0) is 16.0 Å². The maximum Gasteiger partial charge on any atom is 0.337 e. The van der Waals surface area contributed by atoms with E-state index >= 15 is 0 Å². The van der Waals surface area contributed by atoms with Crippen LogP contribution in [0.5, 0.6) is 5.75 Å². The van der Waals surface area contributed by atoms with Gasteiger partial charge in [0.15, 0.2) is 0 Å². The van der Waals surface area contributed by atoms with Crippen molar-refractivity contribution in [3.05, 3.63) is 29.3 Å². The molecule has 0 saturated heterocycles. The highest BCUT2D eigenvalue weighted by molar-refractivity contribution is 5.89. The van der Waals surface area contributed by atoms with Crippen LogP contribution in [0, 0.1) is 5.92 Å². The molecule has 3 rings (SSSR count). The lowest BCUT2D eigenvalue weighted by Gasteiger charge is -2.11. The van der Waals surface area contributed by atoms with Gasteiger partial charge in [-0.3, -0.25) is 4.79 Å². The first-order valence-electron chi connectivity index (χ1n) is 6.83. The van der Waals surface area contributed by atoms with E-state index in [0.717, 1.165) is 24.2 Å². The molecule has 0 aromatic heterocycles. The second-order valence-electron chi connectivity index (χ2n) is 5.28. The molecule has 1 aliphatic heterocycles. The Kier molecular flexibility index (Phi) is 3.34. The molecule has 1 aromatic carbocycles. The first-order valence-corrected chi connectivity index (χ1v) is 6.83. The van der Waals surface area contributed by atoms with Crippen molar-refractivity contribution in [2.75, 3.05) is 13.7 Å². The van der Waals surface area contributed by atoms with Crippen LogP contribution >= 0.6 is 0 Å². The van der Waals surface area contributed by atoms with Gasteiger partial charge in [-0.25, -0.2) is 4.79 Å². The molecule has 1 aliphatic carbocycles. The number of rotatable bonds is 4. The number of fused-ring (bicyclic) bond motifs is 1. The molecule has 1 heterocycles. The average molecular weight is 275 g/mol. The number of carbonyl (C=O) groups is 2. The van der Waals surface area contributed by atoms with Crippen LogP contribution in [0.4, 0.5) is 0 Å². The Labute approximate surface area is 117 Å². The van der Waals surface area contributed by atoms with Gasteiger partial charge < -0.3 is 14.8 Å². The monoisotopic (exact) mass is 275 g/mol. The number of hydrogen-bond acceptors (Lipinski definition) is 4. The lowest BCUT2D eigenvalue weighted by atomic mass is 10.1. The second kappa shape index (κ2) is 5.15. The molecule has 5 nitrogen and oxygen atoms in total. The minimum atomic E-state index is -0.349. The molecule has 0 spiro atoms. The number of benzene rings is 1. The lowest BCUT2D eigenvalue weighted by Crippen LogP contribution is -2.35. The van der Waals surface area contributed by atoms with Gasteiger partial charge in [0.1, 0.15) is 11.9 Å². The topological polar surface area (TPSA) is 64.6 Å². The summed E-state index contributed by atoms with van der Waals surface area (Å²) < 4.78 is 10.5. The summed E-state index contributed by atoms with van der Waals surface area (Å²) >= 11 is 0. The van der Waals surface area contributed by atoms with Crippen molar-refractivity contribution in [2.45, 2.75) is 25.4 Å². The molecule has 2 aliphatic rings. The first kappa shape index (κ1) is 13.0. The predicted octanol–water partition coefficient (Wildman–Crippen LogP) is 1.30. The predicted molar refractivity (Wildman–Crippen MR) is 71.6 cm³/mol. The zero-order chi connectivity index (χ0) is 14.1. The zero-order valence-electron chi connectivity index (χ0n) is 11.3. The SMILES string of the molecule is COC(=O)c1ccc2c(c1)CC(CNC(=O)C1CC1)O2. The van der Waals surface area contributed by atoms with Crippen LogP contribution in [0.3, 0.4) is 0 Å². The summed E-state index contributed by atoms with van der Waals surface area (Å²) in [5, 5.41) is 2.91. The third-order valence-electron chi connectivity index (χ3n) is 3.67. The van der Waals surface area contributed by atoms with Crippen molar-refractivity contribution in [3.63, 3.8) is 0 Å². The highest BCUT2D eigenvalue weighted by Gasteiger charge is 2.31. The molecule has 1 N–H and O–H groups in total. The molecule has 1 atom stereocenters. The minimum absolute atomic E-state index is 0.0550. The molecule has 0 bridgehead atoms. The van der Waals surface area contributed by atoms with Crippen molar-refractivity contribution in [1.82, 2.24) is 5.32 Å². The number of hydrogen-bond donors (Lipinski definition) is 1. The maximum atomic E-state index is 11.6. The maximum absolute atomic E-state index is 11.6. The Hall–Kier alpha value is -2.04. The number of methoxy groups -OCH3 is 1. The summed E-state index contributed by atoms with van der Waals surface area (Å²) in [5.74, 6) is 0.770. The van der Waals surface area contributed by atoms with E-state index in [9.17, 15) is 9.59 Å². The average Bonchev–Trinajstić information content (AvgIpc) is 3.23. The number of nitrogens with one attached hydrogen (secondary N) is 1. The van der Waals surface area contributed by atoms with E-state index in [-0.39, 0.29) is 23.9 Å². The Morgan fingerprint density at radius 3 is 2.90 bits per heavy atom. The Balaban J connectivity index is 1.60. The molecule has 5 heteroatoms. The third-order valence-corrected chi connectivity index (χ3v) is 3.67. The van der Waals surface area contributed by atoms with Crippen LogP contribution in [0.25, 0.3) is 0 Å². The first-order chi connectivity index (χ1) is 9.67. The smallest absolute Gasteiger partial charge is 0.337 e. The Morgan fingerprint density at radius 1 is 1.40 bits per heavy atom. The summed E-state index contributed by atoms with van der Waals surface area (Å²) in [4.78, 5) is 23.1. The highest BCUT2D eigenvalue weighted by atomic mass is 16.5. The van der Waals surface area contributed by atoms with Crippen LogP contribution in [0.1, 0.15) is 28.8 Å². The van der Waals surface area contributed by atoms with E-state index in [2.05, 4.69) is 5.32 Å². The summed E-state index contributed by atoms with van der Waals surface area (Å²) in [7, 11) is 1.36. The molecular formula is C15H17NO4. The summed E-state index contributed by atoms with van der Waals surface area (Å²) in [5.41, 5.74) is 1.51. The molecule has 1 amide bonds. The summed E-state index contributed by atoms with van der Waals surface area (Å²) in [6.45, 7) is 0.511. The Morgan fingerprint density at radius 2 is 2.20 bits per heavy atom. The minimum Gasteiger partial charge on any atom is -0.488 e. The van der Waals surface area contributed by atoms with E-state index in [1.54, 1.807) is 18.2 Å². The molecule has 1 unspecified atom stereocenters. The molecule has 1 aromatic rings. The van der Waals surface area contributed by atoms with E-state index in [1.807, 2.05) is 0 Å². The van der Waals surface area contributed by atoms with Crippen molar-refractivity contribution in [1.29, 1.82) is 0 Å². The van der Waals surface area contributed by atoms with Crippen molar-refractivity contribution < 1.29 is 19.1 Å². The molecule has 1 saturated carbocycles. The van der Waals surface area contributed by atoms with Gasteiger partial charge in [-0.15, -0.1) is 0 Å². The number of esters is 1. The van der Waals surface area contributed by atoms with Gasteiger partial charge in [-0.1, -0.05) is 0 Å². The molecule has 20 heavy (non-hydrogen) atoms. The van der Waals surface area contributed by atoms with E-state index in [4.69, 9.17) is 9.47 Å². The van der Waals surface area contributed by atoms with Crippen LogP contribution in [-0.4, -0.2) is 31.6 Å². The van der Waals surface area contributed by atoms with Crippen LogP contribution in [0.15, 0.2) is 18.2 Å². The highest BCUT2D eigenvalue weighted by Crippen LogP contribution is 2.31. The van der Waals surface area contributed by atoms with Gasteiger partial charge in [0, 0.05) is 12.3 Å². The van der Waals surface area contributed by atoms with Gasteiger partial charge in [-0.2, -0.15) is 0 Å². The Bertz CT molecular complexity index is 551. The molecule has 106 valence electrons. The fourth-order valence-corrected chi connectivity index (χ4v) is 2.38. The number of amides is 1. The van der Waals surface area contributed by atoms with Crippen molar-refractivity contribution in [3.8, 4) is 5.75 Å². The largest absolute Gasteiger partial charge is 0.488 e. The molecule has 1 fully saturated rings. The van der Waals surface area contributed by atoms with Gasteiger partial charge >= 0.3 is 5.97 Å². The van der Waals surface area contributed by atoms with Crippen LogP contribution in [0.2, 0.25) is 0 Å². The van der Waals surface area contributed by atoms with E-state index in [1.165, 1.54) is 7.11 Å². The standard InChI is InChI=1S/C15H17NO4/c1-19-15(18)10-4-5-13-11(6-10)7-12(20-13)8-16-14(17)9-2-3-9/h4-6,9,12H,2-3,7-8H2,1H3,(H,16,17). The van der Waals surface area contributed by atoms with E-state index in [0.29, 0.717) is 18.5 Å². The quantitative estimate of drug-likeness (QED) is 0.841. The van der Waals surface area contributed by atoms with Gasteiger partial charge in [-0.05, 0) is 36.6 Å². The third kappa shape index (κ3) is 2.61. The van der Waals surface area contributed by atoms with Gasteiger partial charge in [0.2, 0.25) is 5.91 Å². The van der Waals surface area contributed by atoms with Gasteiger partial charge in [0.05, 0.1) is 19.2 Å². The summed E-state index contributed by atoms with van der Waals surface area (Å²) in [6.07, 6.45) is 2.64. The van der Waals surface area contributed by atoms with Gasteiger partial charge in [0.25, 0.3) is 0 Å². The second-order valence-corrected chi connectivity index (χ2v) is 5.28. The molecular weight excluding hydrogens is 258 g/mol. The fraction of sp³-hybridized carbons (Fsp3) is 0.467. The fourth-order valence-electron chi connectivity index (χ4n) is 2.38. The van der Waals surface area contributed by atoms with Crippen molar-refractivity contribution in [2.24, 2.45) is 5.92 Å². The van der Waals surface area contributed by atoms with Crippen LogP contribution < -0.4 is 10.1 Å². The normalized spacial score (nSPS) is 19.9. The number of ether oxygens (including phenoxy) is 2. The van der Waals surface area contributed by atoms with E-state index < -0.39 is 0 Å². The summed E-state index contributed by atoms with van der Waals surface area (Å²) in [6, 6.07) is 5.27.